The number of rotatable bonds is 7. The van der Waals surface area contributed by atoms with Crippen LogP contribution in [0, 0.1) is 11.8 Å². The Bertz CT molecular complexity index is 724. The van der Waals surface area contributed by atoms with E-state index in [4.69, 9.17) is 0 Å². The molecular weight excluding hydrogens is 365 g/mol. The first kappa shape index (κ1) is 19.5. The highest BCUT2D eigenvalue weighted by molar-refractivity contribution is 7.89. The summed E-state index contributed by atoms with van der Waals surface area (Å²) < 4.78 is 67.3. The third-order valence-electron chi connectivity index (χ3n) is 5.15. The molecule has 0 aromatic heterocycles. The lowest BCUT2D eigenvalue weighted by Gasteiger charge is -2.23. The van der Waals surface area contributed by atoms with Crippen molar-refractivity contribution in [2.45, 2.75) is 56.0 Å². The number of halogens is 3. The maximum absolute atomic E-state index is 13.4. The molecule has 2 saturated carbocycles. The van der Waals surface area contributed by atoms with Gasteiger partial charge in [0.05, 0.1) is 10.5 Å². The summed E-state index contributed by atoms with van der Waals surface area (Å²) in [5.74, 6) is 0.706. The largest absolute Gasteiger partial charge is 0.417 e. The van der Waals surface area contributed by atoms with Crippen LogP contribution in [-0.2, 0) is 16.2 Å². The van der Waals surface area contributed by atoms with Crippen molar-refractivity contribution in [3.8, 4) is 0 Å². The van der Waals surface area contributed by atoms with Gasteiger partial charge in [-0.15, -0.1) is 0 Å². The molecule has 2 aliphatic carbocycles. The van der Waals surface area contributed by atoms with E-state index in [2.05, 4.69) is 10.0 Å². The maximum Gasteiger partial charge on any atom is 0.417 e. The molecule has 0 spiro atoms. The van der Waals surface area contributed by atoms with Gasteiger partial charge in [0.2, 0.25) is 10.0 Å². The van der Waals surface area contributed by atoms with E-state index in [1.165, 1.54) is 12.5 Å². The second-order valence-electron chi connectivity index (χ2n) is 7.39. The van der Waals surface area contributed by atoms with Crippen LogP contribution in [0.3, 0.4) is 0 Å². The minimum atomic E-state index is -4.73. The van der Waals surface area contributed by atoms with Gasteiger partial charge in [-0.1, -0.05) is 19.3 Å². The monoisotopic (exact) mass is 390 g/mol. The summed E-state index contributed by atoms with van der Waals surface area (Å²) >= 11 is 0. The smallest absolute Gasteiger partial charge is 0.385 e. The van der Waals surface area contributed by atoms with Crippen LogP contribution in [0.25, 0.3) is 0 Å². The van der Waals surface area contributed by atoms with Crippen LogP contribution in [0.2, 0.25) is 0 Å². The van der Waals surface area contributed by atoms with Gasteiger partial charge < -0.3 is 5.32 Å². The fraction of sp³-hybridized carbons (Fsp3) is 0.667. The van der Waals surface area contributed by atoms with Gasteiger partial charge in [0, 0.05) is 18.8 Å². The summed E-state index contributed by atoms with van der Waals surface area (Å²) in [6.45, 7) is 0.810. The number of hydrogen-bond donors (Lipinski definition) is 2. The number of anilines is 1. The molecule has 26 heavy (non-hydrogen) atoms. The van der Waals surface area contributed by atoms with Crippen LogP contribution < -0.4 is 10.0 Å². The lowest BCUT2D eigenvalue weighted by molar-refractivity contribution is -0.139. The molecule has 3 rings (SSSR count). The third kappa shape index (κ3) is 5.13. The van der Waals surface area contributed by atoms with Gasteiger partial charge in [0.1, 0.15) is 0 Å². The standard InChI is InChI=1S/C18H25F3N2O2S/c19-18(20,21)16-10-15(22-11-13-4-2-1-3-5-13)8-9-17(16)26(24,25)23-12-14-6-7-14/h8-10,13-14,22-23H,1-7,11-12H2. The number of alkyl halides is 3. The number of nitrogens with one attached hydrogen (secondary N) is 2. The van der Waals surface area contributed by atoms with Crippen LogP contribution in [-0.4, -0.2) is 21.5 Å². The van der Waals surface area contributed by atoms with Crippen molar-refractivity contribution in [2.24, 2.45) is 11.8 Å². The first-order valence-corrected chi connectivity index (χ1v) is 10.7. The first-order valence-electron chi connectivity index (χ1n) is 9.20. The van der Waals surface area contributed by atoms with Crippen LogP contribution in [0.15, 0.2) is 23.1 Å². The summed E-state index contributed by atoms with van der Waals surface area (Å²) in [7, 11) is -4.18. The predicted molar refractivity (Wildman–Crippen MR) is 94.4 cm³/mol. The number of hydrogen-bond acceptors (Lipinski definition) is 3. The molecule has 0 radical (unpaired) electrons. The van der Waals surface area contributed by atoms with Gasteiger partial charge in [-0.25, -0.2) is 13.1 Å². The van der Waals surface area contributed by atoms with Gasteiger partial charge in [-0.05, 0) is 55.7 Å². The normalized spacial score (nSPS) is 19.5. The van der Waals surface area contributed by atoms with Crippen LogP contribution in [0.5, 0.6) is 0 Å². The van der Waals surface area contributed by atoms with Crippen LogP contribution >= 0.6 is 0 Å². The summed E-state index contributed by atoms with van der Waals surface area (Å²) in [5, 5.41) is 3.05. The third-order valence-corrected chi connectivity index (χ3v) is 6.63. The lowest BCUT2D eigenvalue weighted by atomic mass is 9.89. The molecule has 4 nitrogen and oxygen atoms in total. The number of benzene rings is 1. The molecule has 0 amide bonds. The molecule has 146 valence electrons. The van der Waals surface area contributed by atoms with E-state index in [1.807, 2.05) is 0 Å². The van der Waals surface area contributed by atoms with Crippen molar-refractivity contribution < 1.29 is 21.6 Å². The highest BCUT2D eigenvalue weighted by Gasteiger charge is 2.38. The topological polar surface area (TPSA) is 58.2 Å². The molecule has 0 heterocycles. The Kier molecular flexibility index (Phi) is 5.81. The van der Waals surface area contributed by atoms with Gasteiger partial charge in [-0.3, -0.25) is 0 Å². The van der Waals surface area contributed by atoms with Crippen molar-refractivity contribution in [2.75, 3.05) is 18.4 Å². The van der Waals surface area contributed by atoms with E-state index >= 15 is 0 Å². The fourth-order valence-corrected chi connectivity index (χ4v) is 4.70. The summed E-state index contributed by atoms with van der Waals surface area (Å²) in [5.41, 5.74) is -0.807. The Labute approximate surface area is 152 Å². The van der Waals surface area contributed by atoms with Gasteiger partial charge in [-0.2, -0.15) is 13.2 Å². The van der Waals surface area contributed by atoms with Gasteiger partial charge in [0.25, 0.3) is 0 Å². The molecule has 2 fully saturated rings. The average molecular weight is 390 g/mol. The molecule has 1 aromatic rings. The minimum Gasteiger partial charge on any atom is -0.385 e. The molecule has 8 heteroatoms. The zero-order valence-corrected chi connectivity index (χ0v) is 15.4. The zero-order valence-electron chi connectivity index (χ0n) is 14.6. The Morgan fingerprint density at radius 3 is 2.23 bits per heavy atom. The molecule has 2 N–H and O–H groups in total. The van der Waals surface area contributed by atoms with E-state index in [-0.39, 0.29) is 12.5 Å². The van der Waals surface area contributed by atoms with Crippen molar-refractivity contribution >= 4 is 15.7 Å². The zero-order chi connectivity index (χ0) is 18.8. The second-order valence-corrected chi connectivity index (χ2v) is 9.12. The van der Waals surface area contributed by atoms with Gasteiger partial charge >= 0.3 is 6.18 Å². The van der Waals surface area contributed by atoms with E-state index in [0.29, 0.717) is 18.2 Å². The predicted octanol–water partition coefficient (Wildman–Crippen LogP) is 4.39. The van der Waals surface area contributed by atoms with E-state index < -0.39 is 26.7 Å². The molecule has 0 unspecified atom stereocenters. The average Bonchev–Trinajstić information content (AvgIpc) is 3.43. The lowest BCUT2D eigenvalue weighted by Crippen LogP contribution is -2.28. The van der Waals surface area contributed by atoms with E-state index in [9.17, 15) is 21.6 Å². The Morgan fingerprint density at radius 2 is 1.62 bits per heavy atom. The van der Waals surface area contributed by atoms with Crippen molar-refractivity contribution in [1.82, 2.24) is 4.72 Å². The molecule has 1 aromatic carbocycles. The summed E-state index contributed by atoms with van der Waals surface area (Å²) in [6.07, 6.45) is 2.79. The van der Waals surface area contributed by atoms with Crippen LogP contribution in [0.1, 0.15) is 50.5 Å². The Hall–Kier alpha value is -1.28. The molecule has 0 bridgehead atoms. The van der Waals surface area contributed by atoms with E-state index in [0.717, 1.165) is 50.7 Å². The Balaban J connectivity index is 1.76. The van der Waals surface area contributed by atoms with Gasteiger partial charge in [0.15, 0.2) is 0 Å². The maximum atomic E-state index is 13.4. The quantitative estimate of drug-likeness (QED) is 0.726. The SMILES string of the molecule is O=S(=O)(NCC1CC1)c1ccc(NCC2CCCCC2)cc1C(F)(F)F. The molecule has 2 aliphatic rings. The summed E-state index contributed by atoms with van der Waals surface area (Å²) in [4.78, 5) is -0.700. The highest BCUT2D eigenvalue weighted by Crippen LogP contribution is 2.36. The highest BCUT2D eigenvalue weighted by atomic mass is 32.2. The van der Waals surface area contributed by atoms with Crippen LogP contribution in [0.4, 0.5) is 18.9 Å². The van der Waals surface area contributed by atoms with Crippen molar-refractivity contribution in [1.29, 1.82) is 0 Å². The molecular formula is C18H25F3N2O2S. The van der Waals surface area contributed by atoms with Crippen molar-refractivity contribution in [3.63, 3.8) is 0 Å². The fourth-order valence-electron chi connectivity index (χ4n) is 3.38. The number of sulfonamides is 1. The molecule has 0 saturated heterocycles. The van der Waals surface area contributed by atoms with E-state index in [1.54, 1.807) is 0 Å². The van der Waals surface area contributed by atoms with Crippen molar-refractivity contribution in [3.05, 3.63) is 23.8 Å². The summed E-state index contributed by atoms with van der Waals surface area (Å²) in [6, 6.07) is 3.39. The Morgan fingerprint density at radius 1 is 0.962 bits per heavy atom. The second kappa shape index (κ2) is 7.76. The molecule has 0 atom stereocenters. The minimum absolute atomic E-state index is 0.196. The first-order chi connectivity index (χ1) is 12.3. The molecule has 0 aliphatic heterocycles.